The third-order valence-electron chi connectivity index (χ3n) is 3.62. The third kappa shape index (κ3) is 3.53. The summed E-state index contributed by atoms with van der Waals surface area (Å²) in [7, 11) is 0. The van der Waals surface area contributed by atoms with E-state index < -0.39 is 0 Å². The molecule has 0 bridgehead atoms. The SMILES string of the molecule is CCN1CCCC1CNCc1ccc(Br)cc1F. The normalized spacial score (nSPS) is 20.5. The van der Waals surface area contributed by atoms with E-state index in [4.69, 9.17) is 0 Å². The summed E-state index contributed by atoms with van der Waals surface area (Å²) in [5.41, 5.74) is 0.735. The van der Waals surface area contributed by atoms with Crippen molar-refractivity contribution < 1.29 is 4.39 Å². The van der Waals surface area contributed by atoms with Crippen LogP contribution < -0.4 is 5.32 Å². The highest BCUT2D eigenvalue weighted by atomic mass is 79.9. The maximum Gasteiger partial charge on any atom is 0.128 e. The van der Waals surface area contributed by atoms with E-state index in [1.807, 2.05) is 12.1 Å². The van der Waals surface area contributed by atoms with Gasteiger partial charge in [0.2, 0.25) is 0 Å². The van der Waals surface area contributed by atoms with Gasteiger partial charge in [-0.25, -0.2) is 4.39 Å². The molecule has 0 aromatic heterocycles. The van der Waals surface area contributed by atoms with Gasteiger partial charge in [0.05, 0.1) is 0 Å². The number of rotatable bonds is 5. The molecule has 1 aliphatic rings. The van der Waals surface area contributed by atoms with Crippen molar-refractivity contribution in [2.45, 2.75) is 32.4 Å². The van der Waals surface area contributed by atoms with Crippen LogP contribution in [0.5, 0.6) is 0 Å². The molecule has 1 fully saturated rings. The minimum atomic E-state index is -0.143. The molecule has 4 heteroatoms. The summed E-state index contributed by atoms with van der Waals surface area (Å²) in [4.78, 5) is 2.49. The topological polar surface area (TPSA) is 15.3 Å². The first-order chi connectivity index (χ1) is 8.70. The summed E-state index contributed by atoms with van der Waals surface area (Å²) in [5, 5.41) is 3.37. The Bertz CT molecular complexity index is 397. The van der Waals surface area contributed by atoms with Gasteiger partial charge in [-0.2, -0.15) is 0 Å². The summed E-state index contributed by atoms with van der Waals surface area (Å²) in [6.07, 6.45) is 2.54. The van der Waals surface area contributed by atoms with E-state index in [1.54, 1.807) is 0 Å². The molecule has 1 unspecified atom stereocenters. The largest absolute Gasteiger partial charge is 0.311 e. The Balaban J connectivity index is 1.81. The number of benzene rings is 1. The van der Waals surface area contributed by atoms with Gasteiger partial charge in [0.1, 0.15) is 5.82 Å². The molecular formula is C14H20BrFN2. The molecular weight excluding hydrogens is 295 g/mol. The minimum Gasteiger partial charge on any atom is -0.311 e. The van der Waals surface area contributed by atoms with Gasteiger partial charge in [-0.15, -0.1) is 0 Å². The molecule has 0 amide bonds. The summed E-state index contributed by atoms with van der Waals surface area (Å²) < 4.78 is 14.4. The smallest absolute Gasteiger partial charge is 0.128 e. The zero-order chi connectivity index (χ0) is 13.0. The third-order valence-corrected chi connectivity index (χ3v) is 4.11. The van der Waals surface area contributed by atoms with E-state index in [9.17, 15) is 4.39 Å². The highest BCUT2D eigenvalue weighted by Crippen LogP contribution is 2.17. The van der Waals surface area contributed by atoms with Crippen molar-refractivity contribution in [2.75, 3.05) is 19.6 Å². The van der Waals surface area contributed by atoms with Gasteiger partial charge in [0.25, 0.3) is 0 Å². The fourth-order valence-corrected chi connectivity index (χ4v) is 2.91. The fraction of sp³-hybridized carbons (Fsp3) is 0.571. The van der Waals surface area contributed by atoms with Gasteiger partial charge < -0.3 is 5.32 Å². The molecule has 2 rings (SSSR count). The van der Waals surface area contributed by atoms with Crippen LogP contribution in [0.3, 0.4) is 0 Å². The number of halogens is 2. The van der Waals surface area contributed by atoms with Crippen molar-refractivity contribution in [2.24, 2.45) is 0 Å². The Hall–Kier alpha value is -0.450. The van der Waals surface area contributed by atoms with Crippen LogP contribution in [0.4, 0.5) is 4.39 Å². The molecule has 0 saturated carbocycles. The Morgan fingerprint density at radius 2 is 2.33 bits per heavy atom. The van der Waals surface area contributed by atoms with Crippen LogP contribution in [0.1, 0.15) is 25.3 Å². The maximum atomic E-state index is 13.6. The molecule has 100 valence electrons. The molecule has 0 aliphatic carbocycles. The lowest BCUT2D eigenvalue weighted by molar-refractivity contribution is 0.259. The van der Waals surface area contributed by atoms with E-state index in [0.717, 1.165) is 23.1 Å². The lowest BCUT2D eigenvalue weighted by atomic mass is 10.2. The standard InChI is InChI=1S/C14H20BrFN2/c1-2-18-7-3-4-13(18)10-17-9-11-5-6-12(15)8-14(11)16/h5-6,8,13,17H,2-4,7,9-10H2,1H3. The van der Waals surface area contributed by atoms with Gasteiger partial charge in [-0.3, -0.25) is 4.90 Å². The van der Waals surface area contributed by atoms with Crippen LogP contribution in [0.2, 0.25) is 0 Å². The Morgan fingerprint density at radius 1 is 1.50 bits per heavy atom. The predicted molar refractivity (Wildman–Crippen MR) is 76.1 cm³/mol. The number of hydrogen-bond acceptors (Lipinski definition) is 2. The molecule has 1 aromatic carbocycles. The molecule has 2 nitrogen and oxygen atoms in total. The van der Waals surface area contributed by atoms with Gasteiger partial charge in [-0.05, 0) is 38.1 Å². The monoisotopic (exact) mass is 314 g/mol. The summed E-state index contributed by atoms with van der Waals surface area (Å²) >= 11 is 3.27. The summed E-state index contributed by atoms with van der Waals surface area (Å²) in [6, 6.07) is 5.85. The Labute approximate surface area is 117 Å². The zero-order valence-corrected chi connectivity index (χ0v) is 12.3. The van der Waals surface area contributed by atoms with Crippen molar-refractivity contribution in [3.8, 4) is 0 Å². The van der Waals surface area contributed by atoms with Crippen LogP contribution in [-0.4, -0.2) is 30.6 Å². The highest BCUT2D eigenvalue weighted by Gasteiger charge is 2.22. The summed E-state index contributed by atoms with van der Waals surface area (Å²) in [6.45, 7) is 6.07. The zero-order valence-electron chi connectivity index (χ0n) is 10.8. The molecule has 1 atom stereocenters. The molecule has 1 aromatic rings. The van der Waals surface area contributed by atoms with E-state index in [1.165, 1.54) is 25.5 Å². The number of hydrogen-bond donors (Lipinski definition) is 1. The molecule has 1 aliphatic heterocycles. The van der Waals surface area contributed by atoms with Crippen LogP contribution in [-0.2, 0) is 6.54 Å². The van der Waals surface area contributed by atoms with Crippen LogP contribution >= 0.6 is 15.9 Å². The average Bonchev–Trinajstić information content (AvgIpc) is 2.79. The number of nitrogens with one attached hydrogen (secondary N) is 1. The quantitative estimate of drug-likeness (QED) is 0.898. The van der Waals surface area contributed by atoms with Crippen LogP contribution in [0, 0.1) is 5.82 Å². The predicted octanol–water partition coefficient (Wildman–Crippen LogP) is 3.16. The van der Waals surface area contributed by atoms with Crippen LogP contribution in [0.25, 0.3) is 0 Å². The number of nitrogens with zero attached hydrogens (tertiary/aromatic N) is 1. The fourth-order valence-electron chi connectivity index (χ4n) is 2.58. The van der Waals surface area contributed by atoms with Crippen LogP contribution in [0.15, 0.2) is 22.7 Å². The Kier molecular flexibility index (Phi) is 5.15. The highest BCUT2D eigenvalue weighted by molar-refractivity contribution is 9.10. The number of likely N-dealkylation sites (tertiary alicyclic amines) is 1. The van der Waals surface area contributed by atoms with Gasteiger partial charge in [0.15, 0.2) is 0 Å². The second kappa shape index (κ2) is 6.64. The number of likely N-dealkylation sites (N-methyl/N-ethyl adjacent to an activating group) is 1. The molecule has 0 radical (unpaired) electrons. The second-order valence-corrected chi connectivity index (χ2v) is 5.71. The van der Waals surface area contributed by atoms with E-state index in [0.29, 0.717) is 12.6 Å². The van der Waals surface area contributed by atoms with Crippen molar-refractivity contribution in [3.63, 3.8) is 0 Å². The Morgan fingerprint density at radius 3 is 3.06 bits per heavy atom. The van der Waals surface area contributed by atoms with Gasteiger partial charge in [0, 0.05) is 29.2 Å². The molecule has 18 heavy (non-hydrogen) atoms. The molecule has 1 saturated heterocycles. The van der Waals surface area contributed by atoms with Crippen molar-refractivity contribution >= 4 is 15.9 Å². The second-order valence-electron chi connectivity index (χ2n) is 4.79. The first kappa shape index (κ1) is 14.0. The molecule has 1 heterocycles. The van der Waals surface area contributed by atoms with E-state index in [2.05, 4.69) is 33.1 Å². The minimum absolute atomic E-state index is 0.143. The molecule has 1 N–H and O–H groups in total. The van der Waals surface area contributed by atoms with E-state index >= 15 is 0 Å². The maximum absolute atomic E-state index is 13.6. The van der Waals surface area contributed by atoms with Gasteiger partial charge >= 0.3 is 0 Å². The summed E-state index contributed by atoms with van der Waals surface area (Å²) in [5.74, 6) is -0.143. The first-order valence-electron chi connectivity index (χ1n) is 6.59. The van der Waals surface area contributed by atoms with Crippen molar-refractivity contribution in [1.82, 2.24) is 10.2 Å². The lowest BCUT2D eigenvalue weighted by Crippen LogP contribution is -2.37. The van der Waals surface area contributed by atoms with Gasteiger partial charge in [-0.1, -0.05) is 28.9 Å². The average molecular weight is 315 g/mol. The van der Waals surface area contributed by atoms with Crippen molar-refractivity contribution in [1.29, 1.82) is 0 Å². The lowest BCUT2D eigenvalue weighted by Gasteiger charge is -2.23. The van der Waals surface area contributed by atoms with E-state index in [-0.39, 0.29) is 5.82 Å². The van der Waals surface area contributed by atoms with Crippen molar-refractivity contribution in [3.05, 3.63) is 34.1 Å². The molecule has 0 spiro atoms. The first-order valence-corrected chi connectivity index (χ1v) is 7.38.